The summed E-state index contributed by atoms with van der Waals surface area (Å²) in [6.45, 7) is 6.00. The van der Waals surface area contributed by atoms with Gasteiger partial charge in [-0.2, -0.15) is 0 Å². The van der Waals surface area contributed by atoms with Gasteiger partial charge in [-0.15, -0.1) is 11.3 Å². The largest absolute Gasteiger partial charge is 0.361 e. The molecule has 0 aliphatic rings. The van der Waals surface area contributed by atoms with E-state index >= 15 is 0 Å². The molecule has 0 saturated carbocycles. The van der Waals surface area contributed by atoms with Crippen LogP contribution < -0.4 is 5.32 Å². The van der Waals surface area contributed by atoms with Crippen molar-refractivity contribution in [3.63, 3.8) is 0 Å². The summed E-state index contributed by atoms with van der Waals surface area (Å²) in [6, 6.07) is 1.63. The minimum Gasteiger partial charge on any atom is -0.361 e. The first-order valence-electron chi connectivity index (χ1n) is 5.60. The van der Waals surface area contributed by atoms with Gasteiger partial charge < -0.3 is 5.32 Å². The van der Waals surface area contributed by atoms with E-state index in [1.54, 1.807) is 17.4 Å². The van der Waals surface area contributed by atoms with Crippen molar-refractivity contribution in [2.75, 3.05) is 5.32 Å². The molecule has 1 N–H and O–H groups in total. The van der Waals surface area contributed by atoms with Crippen LogP contribution in [0, 0.1) is 13.8 Å². The fourth-order valence-corrected chi connectivity index (χ4v) is 3.25. The van der Waals surface area contributed by atoms with Crippen molar-refractivity contribution in [3.8, 4) is 0 Å². The highest BCUT2D eigenvalue weighted by atomic mass is 35.5. The Hall–Kier alpha value is -0.550. The van der Waals surface area contributed by atoms with Gasteiger partial charge in [0.25, 0.3) is 0 Å². The van der Waals surface area contributed by atoms with Crippen molar-refractivity contribution in [2.24, 2.45) is 0 Å². The summed E-state index contributed by atoms with van der Waals surface area (Å²) >= 11 is 19.5. The summed E-state index contributed by atoms with van der Waals surface area (Å²) in [5, 5.41) is 5.29. The first-order chi connectivity index (χ1) is 8.88. The Morgan fingerprint density at radius 3 is 2.42 bits per heavy atom. The summed E-state index contributed by atoms with van der Waals surface area (Å²) in [5.74, 6) is 0.522. The minimum absolute atomic E-state index is 0.0495. The van der Waals surface area contributed by atoms with E-state index in [9.17, 15) is 0 Å². The van der Waals surface area contributed by atoms with Crippen LogP contribution in [0.5, 0.6) is 0 Å². The molecule has 2 aromatic heterocycles. The smallest absolute Gasteiger partial charge is 0.150 e. The molecule has 0 aliphatic carbocycles. The van der Waals surface area contributed by atoms with Crippen LogP contribution >= 0.6 is 46.1 Å². The standard InChI is InChI=1S/C12H12Cl3N3S/c1-5-10(19-7(3)16-5)6(2)17-12-9(14)4-8(13)11(15)18-12/h4,6H,1-3H3,(H,17,18). The molecule has 0 spiro atoms. The molecular formula is C12H12Cl3N3S. The molecule has 7 heteroatoms. The lowest BCUT2D eigenvalue weighted by Gasteiger charge is -2.15. The van der Waals surface area contributed by atoms with Crippen molar-refractivity contribution in [2.45, 2.75) is 26.8 Å². The van der Waals surface area contributed by atoms with Crippen LogP contribution in [0.2, 0.25) is 15.2 Å². The predicted octanol–water partition coefficient (Wildman–Crippen LogP) is 5.29. The molecule has 0 aromatic carbocycles. The molecule has 2 heterocycles. The summed E-state index contributed by atoms with van der Waals surface area (Å²) in [6.07, 6.45) is 0. The van der Waals surface area contributed by atoms with Gasteiger partial charge in [0, 0.05) is 4.88 Å². The number of thiazole rings is 1. The number of anilines is 1. The van der Waals surface area contributed by atoms with Gasteiger partial charge in [0.15, 0.2) is 0 Å². The maximum Gasteiger partial charge on any atom is 0.150 e. The zero-order valence-corrected chi connectivity index (χ0v) is 13.7. The lowest BCUT2D eigenvalue weighted by molar-refractivity contribution is 0.880. The van der Waals surface area contributed by atoms with E-state index in [0.717, 1.165) is 15.6 Å². The Bertz CT molecular complexity index is 613. The van der Waals surface area contributed by atoms with Crippen LogP contribution in [-0.2, 0) is 0 Å². The van der Waals surface area contributed by atoms with Crippen LogP contribution in [0.3, 0.4) is 0 Å². The van der Waals surface area contributed by atoms with Gasteiger partial charge in [-0.05, 0) is 26.8 Å². The Labute approximate surface area is 130 Å². The second-order valence-corrected chi connectivity index (χ2v) is 6.55. The van der Waals surface area contributed by atoms with Crippen LogP contribution in [0.25, 0.3) is 0 Å². The molecule has 1 unspecified atom stereocenters. The molecule has 0 radical (unpaired) electrons. The molecule has 0 saturated heterocycles. The maximum atomic E-state index is 6.10. The van der Waals surface area contributed by atoms with Crippen molar-refractivity contribution in [1.82, 2.24) is 9.97 Å². The van der Waals surface area contributed by atoms with Crippen LogP contribution in [-0.4, -0.2) is 9.97 Å². The van der Waals surface area contributed by atoms with E-state index in [1.165, 1.54) is 0 Å². The third-order valence-electron chi connectivity index (χ3n) is 2.57. The van der Waals surface area contributed by atoms with Crippen molar-refractivity contribution >= 4 is 52.0 Å². The highest BCUT2D eigenvalue weighted by molar-refractivity contribution is 7.11. The lowest BCUT2D eigenvalue weighted by Crippen LogP contribution is -2.08. The number of nitrogens with one attached hydrogen (secondary N) is 1. The van der Waals surface area contributed by atoms with E-state index < -0.39 is 0 Å². The fourth-order valence-electron chi connectivity index (χ4n) is 1.76. The second kappa shape index (κ2) is 5.83. The summed E-state index contributed by atoms with van der Waals surface area (Å²) in [4.78, 5) is 9.71. The first-order valence-corrected chi connectivity index (χ1v) is 7.55. The monoisotopic (exact) mass is 335 g/mol. The van der Waals surface area contributed by atoms with E-state index in [0.29, 0.717) is 15.9 Å². The van der Waals surface area contributed by atoms with Gasteiger partial charge in [0.1, 0.15) is 11.0 Å². The third-order valence-corrected chi connectivity index (χ3v) is 4.79. The number of aryl methyl sites for hydroxylation is 2. The van der Waals surface area contributed by atoms with E-state index in [2.05, 4.69) is 15.3 Å². The highest BCUT2D eigenvalue weighted by Gasteiger charge is 2.16. The van der Waals surface area contributed by atoms with Gasteiger partial charge in [-0.25, -0.2) is 9.97 Å². The molecule has 0 fully saturated rings. The molecule has 19 heavy (non-hydrogen) atoms. The zero-order chi connectivity index (χ0) is 14.2. The SMILES string of the molecule is Cc1nc(C)c(C(C)Nc2nc(Cl)c(Cl)cc2Cl)s1. The topological polar surface area (TPSA) is 37.8 Å². The minimum atomic E-state index is 0.0495. The molecular weight excluding hydrogens is 325 g/mol. The van der Waals surface area contributed by atoms with Crippen molar-refractivity contribution in [3.05, 3.63) is 36.8 Å². The van der Waals surface area contributed by atoms with Gasteiger partial charge in [-0.3, -0.25) is 0 Å². The van der Waals surface area contributed by atoms with E-state index in [4.69, 9.17) is 34.8 Å². The first kappa shape index (κ1) is 14.9. The Kier molecular flexibility index (Phi) is 4.56. The Morgan fingerprint density at radius 1 is 1.16 bits per heavy atom. The zero-order valence-electron chi connectivity index (χ0n) is 10.6. The van der Waals surface area contributed by atoms with Gasteiger partial charge >= 0.3 is 0 Å². The number of pyridine rings is 1. The molecule has 2 aromatic rings. The molecule has 3 nitrogen and oxygen atoms in total. The third kappa shape index (κ3) is 3.31. The fraction of sp³-hybridized carbons (Fsp3) is 0.333. The number of hydrogen-bond acceptors (Lipinski definition) is 4. The summed E-state index contributed by atoms with van der Waals surface area (Å²) in [5.41, 5.74) is 1.01. The van der Waals surface area contributed by atoms with Crippen LogP contribution in [0.4, 0.5) is 5.82 Å². The molecule has 0 amide bonds. The van der Waals surface area contributed by atoms with E-state index in [-0.39, 0.29) is 11.2 Å². The molecule has 1 atom stereocenters. The Morgan fingerprint density at radius 2 is 1.84 bits per heavy atom. The molecule has 0 aliphatic heterocycles. The number of hydrogen-bond donors (Lipinski definition) is 1. The molecule has 0 bridgehead atoms. The summed E-state index contributed by atoms with van der Waals surface area (Å²) in [7, 11) is 0. The number of halogens is 3. The Balaban J connectivity index is 2.26. The van der Waals surface area contributed by atoms with Gasteiger partial charge in [0.2, 0.25) is 0 Å². The van der Waals surface area contributed by atoms with E-state index in [1.807, 2.05) is 20.8 Å². The maximum absolute atomic E-state index is 6.10. The average molecular weight is 337 g/mol. The normalized spacial score (nSPS) is 12.5. The predicted molar refractivity (Wildman–Crippen MR) is 82.9 cm³/mol. The van der Waals surface area contributed by atoms with Crippen molar-refractivity contribution < 1.29 is 0 Å². The van der Waals surface area contributed by atoms with Crippen LogP contribution in [0.1, 0.15) is 28.5 Å². The molecule has 102 valence electrons. The number of nitrogens with zero attached hydrogens (tertiary/aromatic N) is 2. The van der Waals surface area contributed by atoms with Crippen molar-refractivity contribution in [1.29, 1.82) is 0 Å². The van der Waals surface area contributed by atoms with Gasteiger partial charge in [-0.1, -0.05) is 34.8 Å². The second-order valence-electron chi connectivity index (χ2n) is 4.14. The number of aromatic nitrogens is 2. The lowest BCUT2D eigenvalue weighted by atomic mass is 10.2. The van der Waals surface area contributed by atoms with Crippen LogP contribution in [0.15, 0.2) is 6.07 Å². The summed E-state index contributed by atoms with van der Waals surface area (Å²) < 4.78 is 0. The van der Waals surface area contributed by atoms with Gasteiger partial charge in [0.05, 0.1) is 26.8 Å². The number of rotatable bonds is 3. The average Bonchev–Trinajstić information content (AvgIpc) is 2.65. The molecule has 2 rings (SSSR count). The quantitative estimate of drug-likeness (QED) is 0.774. The highest BCUT2D eigenvalue weighted by Crippen LogP contribution is 2.32.